The fourth-order valence-electron chi connectivity index (χ4n) is 1.98. The van der Waals surface area contributed by atoms with Crippen LogP contribution in [0, 0.1) is 0 Å². The summed E-state index contributed by atoms with van der Waals surface area (Å²) < 4.78 is 15.8. The molecule has 0 amide bonds. The van der Waals surface area contributed by atoms with Gasteiger partial charge in [-0.3, -0.25) is 0 Å². The van der Waals surface area contributed by atoms with Crippen LogP contribution in [-0.4, -0.2) is 30.2 Å². The van der Waals surface area contributed by atoms with Crippen LogP contribution in [0.4, 0.5) is 0 Å². The van der Waals surface area contributed by atoms with E-state index in [9.17, 15) is 10.2 Å². The molecule has 0 saturated heterocycles. The summed E-state index contributed by atoms with van der Waals surface area (Å²) in [5.74, 6) is -0.566. The average Bonchev–Trinajstić information content (AvgIpc) is 2.33. The first-order valence-corrected chi connectivity index (χ1v) is 5.28. The predicted octanol–water partition coefficient (Wildman–Crippen LogP) is 1.33. The Labute approximate surface area is 99.5 Å². The van der Waals surface area contributed by atoms with Crippen LogP contribution in [0.5, 0.6) is 11.5 Å². The van der Waals surface area contributed by atoms with E-state index >= 15 is 0 Å². The lowest BCUT2D eigenvalue weighted by molar-refractivity contribution is -0.277. The summed E-state index contributed by atoms with van der Waals surface area (Å²) in [4.78, 5) is 0. The molecule has 1 aromatic rings. The molecule has 0 spiro atoms. The Morgan fingerprint density at radius 3 is 2.71 bits per heavy atom. The highest BCUT2D eigenvalue weighted by Gasteiger charge is 2.41. The van der Waals surface area contributed by atoms with Crippen molar-refractivity contribution in [3.05, 3.63) is 23.3 Å². The number of phenolic OH excluding ortho intramolecular Hbond substituents is 1. The summed E-state index contributed by atoms with van der Waals surface area (Å²) >= 11 is 0. The van der Waals surface area contributed by atoms with E-state index < -0.39 is 11.9 Å². The molecule has 0 bridgehead atoms. The van der Waals surface area contributed by atoms with Gasteiger partial charge in [-0.2, -0.15) is 0 Å². The number of hydrogen-bond acceptors (Lipinski definition) is 5. The maximum atomic E-state index is 10.2. The number of aliphatic hydroxyl groups excluding tert-OH is 1. The number of phenols is 1. The van der Waals surface area contributed by atoms with Gasteiger partial charge < -0.3 is 24.4 Å². The van der Waals surface area contributed by atoms with Crippen molar-refractivity contribution >= 4 is 0 Å². The number of methoxy groups -OCH3 is 2. The Hall–Kier alpha value is -1.30. The Bertz CT molecular complexity index is 431. The van der Waals surface area contributed by atoms with Crippen LogP contribution in [-0.2, 0) is 16.1 Å². The van der Waals surface area contributed by atoms with E-state index in [4.69, 9.17) is 14.2 Å². The molecule has 2 N–H and O–H groups in total. The largest absolute Gasteiger partial charge is 0.508 e. The quantitative estimate of drug-likeness (QED) is 0.816. The normalized spacial score (nSPS) is 27.6. The Balaban J connectivity index is 2.53. The minimum atomic E-state index is -1.11. The molecule has 1 aliphatic heterocycles. The van der Waals surface area contributed by atoms with Crippen molar-refractivity contribution in [1.82, 2.24) is 0 Å². The summed E-state index contributed by atoms with van der Waals surface area (Å²) in [6.07, 6.45) is -0.975. The zero-order valence-electron chi connectivity index (χ0n) is 10.1. The van der Waals surface area contributed by atoms with Crippen LogP contribution in [0.2, 0.25) is 0 Å². The van der Waals surface area contributed by atoms with Crippen LogP contribution in [0.15, 0.2) is 12.1 Å². The third kappa shape index (κ3) is 1.86. The lowest BCUT2D eigenvalue weighted by Gasteiger charge is -2.38. The standard InChI is InChI=1S/C12H16O5/c1-12(16-3)11(14)8-4-7(13)5-10(15-2)9(8)6-17-12/h4-5,11,13-14H,6H2,1-3H3/t11-,12-/m1/s1. The van der Waals surface area contributed by atoms with Gasteiger partial charge in [0.1, 0.15) is 17.6 Å². The second kappa shape index (κ2) is 4.18. The highest BCUT2D eigenvalue weighted by Crippen LogP contribution is 2.42. The number of hydrogen-bond donors (Lipinski definition) is 2. The molecule has 2 rings (SSSR count). The second-order valence-electron chi connectivity index (χ2n) is 4.13. The Morgan fingerprint density at radius 2 is 2.12 bits per heavy atom. The van der Waals surface area contributed by atoms with Crippen LogP contribution in [0.3, 0.4) is 0 Å². The zero-order chi connectivity index (χ0) is 12.6. The lowest BCUT2D eigenvalue weighted by atomic mass is 9.93. The summed E-state index contributed by atoms with van der Waals surface area (Å²) in [5.41, 5.74) is 1.30. The molecule has 5 nitrogen and oxygen atoms in total. The smallest absolute Gasteiger partial charge is 0.195 e. The van der Waals surface area contributed by atoms with Crippen molar-refractivity contribution in [1.29, 1.82) is 0 Å². The van der Waals surface area contributed by atoms with Crippen LogP contribution in [0.1, 0.15) is 24.2 Å². The van der Waals surface area contributed by atoms with Gasteiger partial charge in [0.15, 0.2) is 5.79 Å². The van der Waals surface area contributed by atoms with Crippen molar-refractivity contribution in [2.24, 2.45) is 0 Å². The molecule has 0 aliphatic carbocycles. The van der Waals surface area contributed by atoms with E-state index in [1.54, 1.807) is 6.92 Å². The van der Waals surface area contributed by atoms with Crippen LogP contribution >= 0.6 is 0 Å². The molecule has 0 radical (unpaired) electrons. The first-order chi connectivity index (χ1) is 8.01. The minimum Gasteiger partial charge on any atom is -0.508 e. The molecule has 0 fully saturated rings. The van der Waals surface area contributed by atoms with Crippen molar-refractivity contribution < 1.29 is 24.4 Å². The summed E-state index contributed by atoms with van der Waals surface area (Å²) in [6, 6.07) is 2.99. The van der Waals surface area contributed by atoms with Gasteiger partial charge in [0, 0.05) is 18.7 Å². The van der Waals surface area contributed by atoms with E-state index in [2.05, 4.69) is 0 Å². The molecule has 1 aliphatic rings. The van der Waals surface area contributed by atoms with E-state index in [1.807, 2.05) is 0 Å². The molecule has 94 valence electrons. The number of benzene rings is 1. The topological polar surface area (TPSA) is 68.2 Å². The van der Waals surface area contributed by atoms with Gasteiger partial charge in [0.25, 0.3) is 0 Å². The first-order valence-electron chi connectivity index (χ1n) is 5.28. The summed E-state index contributed by atoms with van der Waals surface area (Å²) in [6.45, 7) is 1.91. The molecule has 0 unspecified atom stereocenters. The number of rotatable bonds is 2. The Kier molecular flexibility index (Phi) is 2.99. The summed E-state index contributed by atoms with van der Waals surface area (Å²) in [7, 11) is 2.97. The van der Waals surface area contributed by atoms with Crippen molar-refractivity contribution in [3.8, 4) is 11.5 Å². The van der Waals surface area contributed by atoms with E-state index in [-0.39, 0.29) is 12.4 Å². The van der Waals surface area contributed by atoms with Crippen LogP contribution in [0.25, 0.3) is 0 Å². The van der Waals surface area contributed by atoms with Gasteiger partial charge in [-0.05, 0) is 18.6 Å². The average molecular weight is 240 g/mol. The minimum absolute atomic E-state index is 0.0417. The molecule has 1 aromatic carbocycles. The maximum Gasteiger partial charge on any atom is 0.195 e. The van der Waals surface area contributed by atoms with Gasteiger partial charge in [-0.15, -0.1) is 0 Å². The molecule has 0 aromatic heterocycles. The number of aromatic hydroxyl groups is 1. The lowest BCUT2D eigenvalue weighted by Crippen LogP contribution is -2.41. The predicted molar refractivity (Wildman–Crippen MR) is 59.8 cm³/mol. The fraction of sp³-hybridized carbons (Fsp3) is 0.500. The van der Waals surface area contributed by atoms with E-state index in [1.165, 1.54) is 26.4 Å². The summed E-state index contributed by atoms with van der Waals surface area (Å²) in [5, 5.41) is 19.8. The van der Waals surface area contributed by atoms with Gasteiger partial charge in [0.05, 0.1) is 13.7 Å². The molecule has 17 heavy (non-hydrogen) atoms. The Morgan fingerprint density at radius 1 is 1.41 bits per heavy atom. The third-order valence-electron chi connectivity index (χ3n) is 3.15. The number of aliphatic hydroxyl groups is 1. The number of fused-ring (bicyclic) bond motifs is 1. The number of ether oxygens (including phenoxy) is 3. The molecule has 0 saturated carbocycles. The highest BCUT2D eigenvalue weighted by atomic mass is 16.7. The molecule has 1 heterocycles. The van der Waals surface area contributed by atoms with E-state index in [0.717, 1.165) is 5.56 Å². The fourth-order valence-corrected chi connectivity index (χ4v) is 1.98. The van der Waals surface area contributed by atoms with E-state index in [0.29, 0.717) is 11.3 Å². The van der Waals surface area contributed by atoms with Gasteiger partial charge in [0.2, 0.25) is 0 Å². The van der Waals surface area contributed by atoms with Crippen molar-refractivity contribution in [2.45, 2.75) is 25.4 Å². The molecular weight excluding hydrogens is 224 g/mol. The molecule has 5 heteroatoms. The van der Waals surface area contributed by atoms with Gasteiger partial charge >= 0.3 is 0 Å². The van der Waals surface area contributed by atoms with Crippen molar-refractivity contribution in [2.75, 3.05) is 14.2 Å². The molecule has 2 atom stereocenters. The van der Waals surface area contributed by atoms with Gasteiger partial charge in [-0.1, -0.05) is 0 Å². The maximum absolute atomic E-state index is 10.2. The first kappa shape index (κ1) is 12.2. The third-order valence-corrected chi connectivity index (χ3v) is 3.15. The van der Waals surface area contributed by atoms with Gasteiger partial charge in [-0.25, -0.2) is 0 Å². The monoisotopic (exact) mass is 240 g/mol. The SMILES string of the molecule is COc1cc(O)cc2c1CO[C@@](C)(OC)[C@@H]2O. The van der Waals surface area contributed by atoms with Crippen molar-refractivity contribution in [3.63, 3.8) is 0 Å². The molecular formula is C12H16O5. The second-order valence-corrected chi connectivity index (χ2v) is 4.13. The van der Waals surface area contributed by atoms with Crippen LogP contribution < -0.4 is 4.74 Å². The highest BCUT2D eigenvalue weighted by molar-refractivity contribution is 5.48. The zero-order valence-corrected chi connectivity index (χ0v) is 10.1.